The second kappa shape index (κ2) is 7.27. The highest BCUT2D eigenvalue weighted by Crippen LogP contribution is 2.11. The van der Waals surface area contributed by atoms with E-state index in [1.807, 2.05) is 4.90 Å². The third kappa shape index (κ3) is 3.99. The Balaban J connectivity index is 1.47. The van der Waals surface area contributed by atoms with Crippen molar-refractivity contribution in [2.24, 2.45) is 0 Å². The van der Waals surface area contributed by atoms with E-state index >= 15 is 0 Å². The summed E-state index contributed by atoms with van der Waals surface area (Å²) in [7, 11) is 0. The molecule has 0 aliphatic carbocycles. The van der Waals surface area contributed by atoms with Crippen molar-refractivity contribution in [2.45, 2.75) is 0 Å². The van der Waals surface area contributed by atoms with E-state index in [1.165, 1.54) is 24.7 Å². The number of carbonyl (C=O) groups excluding carboxylic acids is 2. The summed E-state index contributed by atoms with van der Waals surface area (Å²) in [5, 5.41) is 2.67. The Morgan fingerprint density at radius 3 is 2.62 bits per heavy atom. The molecule has 2 aromatic rings. The van der Waals surface area contributed by atoms with E-state index in [4.69, 9.17) is 4.42 Å². The van der Waals surface area contributed by atoms with Gasteiger partial charge in [0, 0.05) is 31.9 Å². The van der Waals surface area contributed by atoms with E-state index in [-0.39, 0.29) is 24.2 Å². The predicted octanol–water partition coefficient (Wildman–Crippen LogP) is 1.82. The van der Waals surface area contributed by atoms with Crippen LogP contribution in [0.4, 0.5) is 10.1 Å². The van der Waals surface area contributed by atoms with Crippen molar-refractivity contribution in [3.05, 3.63) is 54.2 Å². The molecule has 24 heavy (non-hydrogen) atoms. The van der Waals surface area contributed by atoms with Gasteiger partial charge in [0.2, 0.25) is 5.91 Å². The Labute approximate surface area is 138 Å². The topological polar surface area (TPSA) is 65.8 Å². The summed E-state index contributed by atoms with van der Waals surface area (Å²) in [6, 6.07) is 7.43. The number of nitrogens with one attached hydrogen (secondary N) is 1. The summed E-state index contributed by atoms with van der Waals surface area (Å²) < 4.78 is 18.0. The van der Waals surface area contributed by atoms with Gasteiger partial charge in [0.1, 0.15) is 12.1 Å². The number of rotatable bonds is 4. The van der Waals surface area contributed by atoms with Crippen molar-refractivity contribution < 1.29 is 18.4 Å². The lowest BCUT2D eigenvalue weighted by molar-refractivity contribution is -0.117. The van der Waals surface area contributed by atoms with Crippen molar-refractivity contribution in [1.82, 2.24) is 9.80 Å². The van der Waals surface area contributed by atoms with Crippen molar-refractivity contribution in [2.75, 3.05) is 38.0 Å². The number of amides is 2. The van der Waals surface area contributed by atoms with Gasteiger partial charge in [-0.2, -0.15) is 0 Å². The molecule has 126 valence electrons. The monoisotopic (exact) mass is 331 g/mol. The number of carbonyl (C=O) groups is 2. The maximum absolute atomic E-state index is 13.1. The molecular weight excluding hydrogens is 313 g/mol. The van der Waals surface area contributed by atoms with Gasteiger partial charge in [-0.1, -0.05) is 6.07 Å². The number of hydrogen-bond acceptors (Lipinski definition) is 4. The van der Waals surface area contributed by atoms with E-state index in [2.05, 4.69) is 5.32 Å². The first-order chi connectivity index (χ1) is 11.6. The molecule has 7 heteroatoms. The fourth-order valence-corrected chi connectivity index (χ4v) is 2.65. The Kier molecular flexibility index (Phi) is 4.90. The summed E-state index contributed by atoms with van der Waals surface area (Å²) in [5.74, 6) is -0.651. The van der Waals surface area contributed by atoms with Crippen LogP contribution in [-0.4, -0.2) is 54.3 Å². The average molecular weight is 331 g/mol. The molecule has 0 saturated carbocycles. The zero-order valence-electron chi connectivity index (χ0n) is 13.1. The summed E-state index contributed by atoms with van der Waals surface area (Å²) >= 11 is 0. The Morgan fingerprint density at radius 1 is 1.17 bits per heavy atom. The molecule has 1 aliphatic rings. The fraction of sp³-hybridized carbons (Fsp3) is 0.294. The molecule has 1 aliphatic heterocycles. The Bertz CT molecular complexity index is 710. The molecule has 6 nitrogen and oxygen atoms in total. The maximum atomic E-state index is 13.1. The number of piperazine rings is 1. The van der Waals surface area contributed by atoms with Crippen LogP contribution in [0.3, 0.4) is 0 Å². The average Bonchev–Trinajstić information content (AvgIpc) is 3.09. The molecule has 1 aromatic carbocycles. The summed E-state index contributed by atoms with van der Waals surface area (Å²) in [6.07, 6.45) is 2.90. The van der Waals surface area contributed by atoms with Gasteiger partial charge in [0.25, 0.3) is 5.91 Å². The van der Waals surface area contributed by atoms with Crippen LogP contribution in [0.2, 0.25) is 0 Å². The van der Waals surface area contributed by atoms with Gasteiger partial charge in [0.15, 0.2) is 0 Å². The number of halogens is 1. The Morgan fingerprint density at radius 2 is 1.96 bits per heavy atom. The van der Waals surface area contributed by atoms with Crippen LogP contribution in [0.25, 0.3) is 0 Å². The molecule has 3 rings (SSSR count). The van der Waals surface area contributed by atoms with Crippen LogP contribution < -0.4 is 5.32 Å². The second-order valence-corrected chi connectivity index (χ2v) is 5.64. The molecule has 1 fully saturated rings. The Hall–Kier alpha value is -2.67. The largest absolute Gasteiger partial charge is 0.472 e. The van der Waals surface area contributed by atoms with Gasteiger partial charge in [-0.05, 0) is 24.3 Å². The van der Waals surface area contributed by atoms with E-state index in [1.54, 1.807) is 23.1 Å². The highest BCUT2D eigenvalue weighted by molar-refractivity contribution is 5.94. The van der Waals surface area contributed by atoms with Gasteiger partial charge in [0.05, 0.1) is 18.4 Å². The zero-order valence-corrected chi connectivity index (χ0v) is 13.1. The minimum Gasteiger partial charge on any atom is -0.472 e. The SMILES string of the molecule is O=C(CN1CCN(C(=O)c2ccoc2)CC1)Nc1cccc(F)c1. The van der Waals surface area contributed by atoms with E-state index in [0.29, 0.717) is 37.4 Å². The molecular formula is C17H18FN3O3. The predicted molar refractivity (Wildman–Crippen MR) is 86.1 cm³/mol. The van der Waals surface area contributed by atoms with E-state index < -0.39 is 0 Å². The lowest BCUT2D eigenvalue weighted by Crippen LogP contribution is -2.50. The van der Waals surface area contributed by atoms with Crippen LogP contribution in [-0.2, 0) is 4.79 Å². The molecule has 0 atom stereocenters. The van der Waals surface area contributed by atoms with Crippen molar-refractivity contribution in [3.63, 3.8) is 0 Å². The normalized spacial score (nSPS) is 15.3. The number of furan rings is 1. The molecule has 1 aromatic heterocycles. The first-order valence-corrected chi connectivity index (χ1v) is 7.71. The van der Waals surface area contributed by atoms with Crippen LogP contribution in [0.15, 0.2) is 47.3 Å². The van der Waals surface area contributed by atoms with Gasteiger partial charge in [-0.25, -0.2) is 4.39 Å². The molecule has 0 bridgehead atoms. The molecule has 1 N–H and O–H groups in total. The maximum Gasteiger partial charge on any atom is 0.257 e. The van der Waals surface area contributed by atoms with E-state index in [0.717, 1.165) is 0 Å². The first-order valence-electron chi connectivity index (χ1n) is 7.71. The minimum absolute atomic E-state index is 0.0624. The van der Waals surface area contributed by atoms with Crippen LogP contribution in [0, 0.1) is 5.82 Å². The molecule has 0 unspecified atom stereocenters. The quantitative estimate of drug-likeness (QED) is 0.928. The van der Waals surface area contributed by atoms with Crippen LogP contribution in [0.5, 0.6) is 0 Å². The smallest absolute Gasteiger partial charge is 0.257 e. The van der Waals surface area contributed by atoms with Gasteiger partial charge in [-0.15, -0.1) is 0 Å². The van der Waals surface area contributed by atoms with Crippen LogP contribution >= 0.6 is 0 Å². The van der Waals surface area contributed by atoms with Gasteiger partial charge in [-0.3, -0.25) is 14.5 Å². The molecule has 0 spiro atoms. The number of hydrogen-bond donors (Lipinski definition) is 1. The lowest BCUT2D eigenvalue weighted by atomic mass is 10.2. The van der Waals surface area contributed by atoms with Gasteiger partial charge >= 0.3 is 0 Å². The van der Waals surface area contributed by atoms with Crippen molar-refractivity contribution in [3.8, 4) is 0 Å². The lowest BCUT2D eigenvalue weighted by Gasteiger charge is -2.34. The summed E-state index contributed by atoms with van der Waals surface area (Å²) in [4.78, 5) is 27.9. The zero-order chi connectivity index (χ0) is 16.9. The minimum atomic E-state index is -0.390. The summed E-state index contributed by atoms with van der Waals surface area (Å²) in [6.45, 7) is 2.54. The third-order valence-electron chi connectivity index (χ3n) is 3.90. The molecule has 2 heterocycles. The molecule has 0 radical (unpaired) electrons. The van der Waals surface area contributed by atoms with Crippen LogP contribution in [0.1, 0.15) is 10.4 Å². The first kappa shape index (κ1) is 16.2. The molecule has 1 saturated heterocycles. The van der Waals surface area contributed by atoms with Gasteiger partial charge < -0.3 is 14.6 Å². The molecule has 2 amide bonds. The highest BCUT2D eigenvalue weighted by Gasteiger charge is 2.23. The van der Waals surface area contributed by atoms with Crippen molar-refractivity contribution >= 4 is 17.5 Å². The number of nitrogens with zero attached hydrogens (tertiary/aromatic N) is 2. The summed E-state index contributed by atoms with van der Waals surface area (Å²) in [5.41, 5.74) is 0.973. The highest BCUT2D eigenvalue weighted by atomic mass is 19.1. The second-order valence-electron chi connectivity index (χ2n) is 5.64. The van der Waals surface area contributed by atoms with Crippen molar-refractivity contribution in [1.29, 1.82) is 0 Å². The number of anilines is 1. The number of benzene rings is 1. The fourth-order valence-electron chi connectivity index (χ4n) is 2.65. The van der Waals surface area contributed by atoms with E-state index in [9.17, 15) is 14.0 Å². The third-order valence-corrected chi connectivity index (χ3v) is 3.90. The standard InChI is InChI=1S/C17H18FN3O3/c18-14-2-1-3-15(10-14)19-16(22)11-20-5-7-21(8-6-20)17(23)13-4-9-24-12-13/h1-4,9-10,12H,5-8,11H2,(H,19,22).